The van der Waals surface area contributed by atoms with Crippen molar-refractivity contribution < 1.29 is 0 Å². The topological polar surface area (TPSA) is 17.8 Å². The van der Waals surface area contributed by atoms with Crippen molar-refractivity contribution in [3.05, 3.63) is 18.0 Å². The summed E-state index contributed by atoms with van der Waals surface area (Å²) in [5.74, 6) is 0.783. The number of aromatic nitrogens is 2. The molecule has 0 unspecified atom stereocenters. The minimum absolute atomic E-state index is 0.408. The molecular formula is C12H20N2. The predicted molar refractivity (Wildman–Crippen MR) is 58.3 cm³/mol. The van der Waals surface area contributed by atoms with E-state index in [1.165, 1.54) is 25.0 Å². The van der Waals surface area contributed by atoms with Gasteiger partial charge < -0.3 is 0 Å². The maximum atomic E-state index is 4.59. The van der Waals surface area contributed by atoms with E-state index in [0.29, 0.717) is 5.41 Å². The lowest BCUT2D eigenvalue weighted by Gasteiger charge is -2.17. The van der Waals surface area contributed by atoms with Crippen molar-refractivity contribution in [2.75, 3.05) is 0 Å². The zero-order valence-corrected chi connectivity index (χ0v) is 9.45. The minimum Gasteiger partial charge on any atom is -0.272 e. The normalized spacial score (nSPS) is 17.4. The van der Waals surface area contributed by atoms with Crippen molar-refractivity contribution in [2.24, 2.45) is 5.41 Å². The zero-order chi connectivity index (χ0) is 10.2. The summed E-state index contributed by atoms with van der Waals surface area (Å²) in [5.41, 5.74) is 1.71. The van der Waals surface area contributed by atoms with Crippen LogP contribution in [-0.2, 0) is 6.54 Å². The van der Waals surface area contributed by atoms with E-state index in [0.717, 1.165) is 12.5 Å². The lowest BCUT2D eigenvalue weighted by molar-refractivity contribution is 0.340. The fourth-order valence-electron chi connectivity index (χ4n) is 1.55. The molecule has 0 bridgehead atoms. The largest absolute Gasteiger partial charge is 0.272 e. The Kier molecular flexibility index (Phi) is 2.38. The van der Waals surface area contributed by atoms with Crippen LogP contribution >= 0.6 is 0 Å². The lowest BCUT2D eigenvalue weighted by atomic mass is 9.92. The SMILES string of the molecule is CC(C)(C)CCn1ccc(C2CC2)n1. The van der Waals surface area contributed by atoms with Crippen LogP contribution in [0.5, 0.6) is 0 Å². The van der Waals surface area contributed by atoms with Gasteiger partial charge in [0.25, 0.3) is 0 Å². The van der Waals surface area contributed by atoms with Crippen molar-refractivity contribution in [2.45, 2.75) is 52.5 Å². The van der Waals surface area contributed by atoms with Crippen LogP contribution in [0.4, 0.5) is 0 Å². The van der Waals surface area contributed by atoms with Crippen LogP contribution in [-0.4, -0.2) is 9.78 Å². The monoisotopic (exact) mass is 192 g/mol. The molecule has 1 fully saturated rings. The molecule has 0 atom stereocenters. The van der Waals surface area contributed by atoms with Gasteiger partial charge in [0, 0.05) is 18.7 Å². The van der Waals surface area contributed by atoms with Gasteiger partial charge in [-0.3, -0.25) is 4.68 Å². The predicted octanol–water partition coefficient (Wildman–Crippen LogP) is 3.20. The first-order valence-corrected chi connectivity index (χ1v) is 5.58. The van der Waals surface area contributed by atoms with E-state index >= 15 is 0 Å². The van der Waals surface area contributed by atoms with Gasteiger partial charge >= 0.3 is 0 Å². The van der Waals surface area contributed by atoms with Gasteiger partial charge in [-0.25, -0.2) is 0 Å². The van der Waals surface area contributed by atoms with Gasteiger partial charge in [0.05, 0.1) is 5.69 Å². The third-order valence-electron chi connectivity index (χ3n) is 2.75. The van der Waals surface area contributed by atoms with Gasteiger partial charge in [0.2, 0.25) is 0 Å². The zero-order valence-electron chi connectivity index (χ0n) is 9.45. The van der Waals surface area contributed by atoms with E-state index in [1.807, 2.05) is 0 Å². The van der Waals surface area contributed by atoms with Crippen molar-refractivity contribution in [3.8, 4) is 0 Å². The highest BCUT2D eigenvalue weighted by molar-refractivity contribution is 5.12. The molecule has 1 aliphatic carbocycles. The first-order chi connectivity index (χ1) is 6.54. The van der Waals surface area contributed by atoms with Crippen LogP contribution in [0.15, 0.2) is 12.3 Å². The lowest BCUT2D eigenvalue weighted by Crippen LogP contribution is -2.10. The Morgan fingerprint density at radius 2 is 2.14 bits per heavy atom. The molecule has 0 spiro atoms. The average Bonchev–Trinajstić information content (AvgIpc) is 2.81. The molecule has 1 aliphatic rings. The van der Waals surface area contributed by atoms with Gasteiger partial charge in [-0.15, -0.1) is 0 Å². The van der Waals surface area contributed by atoms with Gasteiger partial charge in [0.1, 0.15) is 0 Å². The minimum atomic E-state index is 0.408. The first kappa shape index (κ1) is 9.75. The molecule has 1 heterocycles. The number of hydrogen-bond donors (Lipinski definition) is 0. The molecule has 0 aromatic carbocycles. The third kappa shape index (κ3) is 2.60. The Hall–Kier alpha value is -0.790. The van der Waals surface area contributed by atoms with E-state index in [2.05, 4.69) is 42.8 Å². The van der Waals surface area contributed by atoms with E-state index in [1.54, 1.807) is 0 Å². The number of rotatable bonds is 3. The maximum Gasteiger partial charge on any atom is 0.0655 e. The first-order valence-electron chi connectivity index (χ1n) is 5.58. The molecule has 78 valence electrons. The molecule has 1 saturated carbocycles. The Balaban J connectivity index is 1.90. The summed E-state index contributed by atoms with van der Waals surface area (Å²) in [6, 6.07) is 2.18. The second kappa shape index (κ2) is 3.41. The molecule has 14 heavy (non-hydrogen) atoms. The van der Waals surface area contributed by atoms with Gasteiger partial charge in [-0.05, 0) is 30.7 Å². The molecule has 0 amide bonds. The molecule has 2 heteroatoms. The molecule has 1 aromatic rings. The molecule has 0 N–H and O–H groups in total. The summed E-state index contributed by atoms with van der Waals surface area (Å²) in [5, 5.41) is 4.59. The summed E-state index contributed by atoms with van der Waals surface area (Å²) in [6.45, 7) is 7.88. The van der Waals surface area contributed by atoms with Crippen molar-refractivity contribution in [1.82, 2.24) is 9.78 Å². The van der Waals surface area contributed by atoms with Crippen LogP contribution in [0.1, 0.15) is 51.6 Å². The van der Waals surface area contributed by atoms with Crippen LogP contribution < -0.4 is 0 Å². The fraction of sp³-hybridized carbons (Fsp3) is 0.750. The van der Waals surface area contributed by atoms with Crippen LogP contribution in [0.25, 0.3) is 0 Å². The molecule has 2 rings (SSSR count). The van der Waals surface area contributed by atoms with E-state index in [9.17, 15) is 0 Å². The van der Waals surface area contributed by atoms with Crippen LogP contribution in [0, 0.1) is 5.41 Å². The fourth-order valence-corrected chi connectivity index (χ4v) is 1.55. The highest BCUT2D eigenvalue weighted by Gasteiger charge is 2.25. The highest BCUT2D eigenvalue weighted by atomic mass is 15.3. The molecule has 0 aliphatic heterocycles. The van der Waals surface area contributed by atoms with E-state index < -0.39 is 0 Å². The molecule has 2 nitrogen and oxygen atoms in total. The molecular weight excluding hydrogens is 172 g/mol. The highest BCUT2D eigenvalue weighted by Crippen LogP contribution is 2.38. The standard InChI is InChI=1S/C12H20N2/c1-12(2,3)7-9-14-8-6-11(13-14)10-4-5-10/h6,8,10H,4-5,7,9H2,1-3H3. The number of nitrogens with zero attached hydrogens (tertiary/aromatic N) is 2. The smallest absolute Gasteiger partial charge is 0.0655 e. The molecule has 0 saturated heterocycles. The quantitative estimate of drug-likeness (QED) is 0.719. The Morgan fingerprint density at radius 3 is 2.71 bits per heavy atom. The summed E-state index contributed by atoms with van der Waals surface area (Å²) in [6.07, 6.45) is 6.00. The van der Waals surface area contributed by atoms with E-state index in [-0.39, 0.29) is 0 Å². The van der Waals surface area contributed by atoms with Crippen molar-refractivity contribution in [3.63, 3.8) is 0 Å². The summed E-state index contributed by atoms with van der Waals surface area (Å²) in [7, 11) is 0. The number of aryl methyl sites for hydroxylation is 1. The van der Waals surface area contributed by atoms with Crippen LogP contribution in [0.2, 0.25) is 0 Å². The van der Waals surface area contributed by atoms with Crippen molar-refractivity contribution in [1.29, 1.82) is 0 Å². The van der Waals surface area contributed by atoms with Crippen molar-refractivity contribution >= 4 is 0 Å². The summed E-state index contributed by atoms with van der Waals surface area (Å²) >= 11 is 0. The average molecular weight is 192 g/mol. The Labute approximate surface area is 86.3 Å². The molecule has 0 radical (unpaired) electrons. The second-order valence-corrected chi connectivity index (χ2v) is 5.59. The Bertz CT molecular complexity index is 302. The summed E-state index contributed by atoms with van der Waals surface area (Å²) < 4.78 is 2.10. The maximum absolute atomic E-state index is 4.59. The Morgan fingerprint density at radius 1 is 1.43 bits per heavy atom. The number of hydrogen-bond acceptors (Lipinski definition) is 1. The third-order valence-corrected chi connectivity index (χ3v) is 2.75. The summed E-state index contributed by atoms with van der Waals surface area (Å²) in [4.78, 5) is 0. The second-order valence-electron chi connectivity index (χ2n) is 5.59. The van der Waals surface area contributed by atoms with Gasteiger partial charge in [0.15, 0.2) is 0 Å². The van der Waals surface area contributed by atoms with Gasteiger partial charge in [-0.1, -0.05) is 20.8 Å². The van der Waals surface area contributed by atoms with Crippen LogP contribution in [0.3, 0.4) is 0 Å². The molecule has 1 aromatic heterocycles. The van der Waals surface area contributed by atoms with E-state index in [4.69, 9.17) is 0 Å². The van der Waals surface area contributed by atoms with Gasteiger partial charge in [-0.2, -0.15) is 5.10 Å².